The van der Waals surface area contributed by atoms with Gasteiger partial charge in [0.05, 0.1) is 0 Å². The van der Waals surface area contributed by atoms with Gasteiger partial charge in [0.25, 0.3) is 0 Å². The summed E-state index contributed by atoms with van der Waals surface area (Å²) in [5, 5.41) is 4.10. The van der Waals surface area contributed by atoms with Crippen LogP contribution in [0.2, 0.25) is 0 Å². The molecule has 1 aromatic rings. The molecule has 0 aromatic carbocycles. The number of alkyl halides is 1. The van der Waals surface area contributed by atoms with Crippen LogP contribution in [0.5, 0.6) is 0 Å². The van der Waals surface area contributed by atoms with Gasteiger partial charge in [0, 0.05) is 25.0 Å². The van der Waals surface area contributed by atoms with Gasteiger partial charge in [-0.3, -0.25) is 9.48 Å². The van der Waals surface area contributed by atoms with Gasteiger partial charge in [0.15, 0.2) is 5.78 Å². The molecule has 78 valence electrons. The van der Waals surface area contributed by atoms with Crippen molar-refractivity contribution in [2.75, 3.05) is 5.88 Å². The molecule has 0 aliphatic heterocycles. The van der Waals surface area contributed by atoms with Crippen molar-refractivity contribution in [1.29, 1.82) is 0 Å². The number of hydrogen-bond acceptors (Lipinski definition) is 2. The molecule has 1 aromatic heterocycles. The smallest absolute Gasteiger partial charge is 0.180 e. The third-order valence-corrected chi connectivity index (χ3v) is 2.24. The first kappa shape index (κ1) is 11.2. The molecule has 14 heavy (non-hydrogen) atoms. The molecule has 1 rings (SSSR count). The standard InChI is InChI=1S/C10H15ClN2O/c1-2-8-13-9(5-7-12-13)10(14)4-3-6-11/h5,7H,2-4,6,8H2,1H3. The molecule has 0 N–H and O–H groups in total. The summed E-state index contributed by atoms with van der Waals surface area (Å²) in [6.45, 7) is 2.86. The van der Waals surface area contributed by atoms with Crippen molar-refractivity contribution >= 4 is 17.4 Å². The fraction of sp³-hybridized carbons (Fsp3) is 0.600. The lowest BCUT2D eigenvalue weighted by Crippen LogP contribution is -2.10. The largest absolute Gasteiger partial charge is 0.292 e. The second-order valence-corrected chi connectivity index (χ2v) is 3.53. The zero-order chi connectivity index (χ0) is 10.4. The van der Waals surface area contributed by atoms with Crippen molar-refractivity contribution in [1.82, 2.24) is 9.78 Å². The maximum absolute atomic E-state index is 11.6. The van der Waals surface area contributed by atoms with Crippen LogP contribution < -0.4 is 0 Å². The summed E-state index contributed by atoms with van der Waals surface area (Å²) in [7, 11) is 0. The number of Topliss-reactive ketones (excluding diaryl/α,β-unsaturated/α-hetero) is 1. The average Bonchev–Trinajstić information content (AvgIpc) is 2.63. The van der Waals surface area contributed by atoms with Gasteiger partial charge in [-0.25, -0.2) is 0 Å². The number of aryl methyl sites for hydroxylation is 1. The molecule has 0 unspecified atom stereocenters. The highest BCUT2D eigenvalue weighted by atomic mass is 35.5. The van der Waals surface area contributed by atoms with E-state index in [0.717, 1.165) is 19.4 Å². The first-order valence-electron chi connectivity index (χ1n) is 4.90. The first-order chi connectivity index (χ1) is 6.79. The molecule has 3 nitrogen and oxygen atoms in total. The van der Waals surface area contributed by atoms with Crippen LogP contribution in [-0.2, 0) is 6.54 Å². The number of rotatable bonds is 6. The number of hydrogen-bond donors (Lipinski definition) is 0. The number of ketones is 1. The number of halogens is 1. The number of carbonyl (C=O) groups excluding carboxylic acids is 1. The summed E-state index contributed by atoms with van der Waals surface area (Å²) >= 11 is 5.53. The third kappa shape index (κ3) is 2.84. The molecule has 0 radical (unpaired) electrons. The van der Waals surface area contributed by atoms with Gasteiger partial charge in [0.1, 0.15) is 5.69 Å². The Bertz CT molecular complexity index is 296. The molecule has 1 heterocycles. The second kappa shape index (κ2) is 5.81. The van der Waals surface area contributed by atoms with Gasteiger partial charge in [-0.2, -0.15) is 5.10 Å². The van der Waals surface area contributed by atoms with Crippen molar-refractivity contribution in [2.24, 2.45) is 0 Å². The van der Waals surface area contributed by atoms with Crippen LogP contribution in [0.3, 0.4) is 0 Å². The van der Waals surface area contributed by atoms with Gasteiger partial charge in [-0.05, 0) is 18.9 Å². The maximum Gasteiger partial charge on any atom is 0.180 e. The van der Waals surface area contributed by atoms with E-state index in [1.54, 1.807) is 16.9 Å². The van der Waals surface area contributed by atoms with Crippen LogP contribution in [0.15, 0.2) is 12.3 Å². The van der Waals surface area contributed by atoms with Crippen molar-refractivity contribution in [2.45, 2.75) is 32.7 Å². The van der Waals surface area contributed by atoms with Crippen LogP contribution in [0.4, 0.5) is 0 Å². The third-order valence-electron chi connectivity index (χ3n) is 1.98. The van der Waals surface area contributed by atoms with E-state index >= 15 is 0 Å². The highest BCUT2D eigenvalue weighted by Gasteiger charge is 2.10. The summed E-state index contributed by atoms with van der Waals surface area (Å²) in [5.41, 5.74) is 0.706. The van der Waals surface area contributed by atoms with Gasteiger partial charge in [-0.1, -0.05) is 6.92 Å². The van der Waals surface area contributed by atoms with E-state index in [1.165, 1.54) is 0 Å². The van der Waals surface area contributed by atoms with Crippen LogP contribution in [0, 0.1) is 0 Å². The molecule has 0 saturated heterocycles. The lowest BCUT2D eigenvalue weighted by molar-refractivity contribution is 0.0971. The van der Waals surface area contributed by atoms with E-state index < -0.39 is 0 Å². The Balaban J connectivity index is 2.63. The van der Waals surface area contributed by atoms with E-state index in [0.29, 0.717) is 18.0 Å². The molecular weight excluding hydrogens is 200 g/mol. The Morgan fingerprint density at radius 1 is 1.64 bits per heavy atom. The monoisotopic (exact) mass is 214 g/mol. The van der Waals surface area contributed by atoms with Gasteiger partial charge in [0.2, 0.25) is 0 Å². The van der Waals surface area contributed by atoms with Gasteiger partial charge in [-0.15, -0.1) is 11.6 Å². The Kier molecular flexibility index (Phi) is 4.66. The summed E-state index contributed by atoms with van der Waals surface area (Å²) in [6.07, 6.45) is 3.90. The van der Waals surface area contributed by atoms with E-state index in [9.17, 15) is 4.79 Å². The Hall–Kier alpha value is -0.830. The minimum absolute atomic E-state index is 0.136. The molecule has 0 spiro atoms. The van der Waals surface area contributed by atoms with Crippen molar-refractivity contribution in [3.63, 3.8) is 0 Å². The van der Waals surface area contributed by atoms with E-state index in [2.05, 4.69) is 12.0 Å². The lowest BCUT2D eigenvalue weighted by atomic mass is 10.2. The fourth-order valence-corrected chi connectivity index (χ4v) is 1.45. The van der Waals surface area contributed by atoms with E-state index in [-0.39, 0.29) is 5.78 Å². The minimum Gasteiger partial charge on any atom is -0.292 e. The van der Waals surface area contributed by atoms with E-state index in [1.807, 2.05) is 0 Å². The Morgan fingerprint density at radius 3 is 3.07 bits per heavy atom. The van der Waals surface area contributed by atoms with Crippen LogP contribution in [0.25, 0.3) is 0 Å². The molecule has 0 bridgehead atoms. The number of aromatic nitrogens is 2. The van der Waals surface area contributed by atoms with Crippen LogP contribution in [-0.4, -0.2) is 21.4 Å². The molecule has 0 saturated carbocycles. The molecular formula is C10H15ClN2O. The van der Waals surface area contributed by atoms with Crippen LogP contribution in [0.1, 0.15) is 36.7 Å². The molecule has 0 aliphatic carbocycles. The zero-order valence-electron chi connectivity index (χ0n) is 8.37. The lowest BCUT2D eigenvalue weighted by Gasteiger charge is -2.03. The first-order valence-corrected chi connectivity index (χ1v) is 5.44. The summed E-state index contributed by atoms with van der Waals surface area (Å²) in [6, 6.07) is 1.77. The number of carbonyl (C=O) groups is 1. The molecule has 0 amide bonds. The molecule has 4 heteroatoms. The summed E-state index contributed by atoms with van der Waals surface area (Å²) < 4.78 is 1.76. The Morgan fingerprint density at radius 2 is 2.43 bits per heavy atom. The molecule has 0 atom stereocenters. The quantitative estimate of drug-likeness (QED) is 0.539. The average molecular weight is 215 g/mol. The topological polar surface area (TPSA) is 34.9 Å². The normalized spacial score (nSPS) is 10.4. The maximum atomic E-state index is 11.6. The zero-order valence-corrected chi connectivity index (χ0v) is 9.13. The Labute approximate surface area is 89.1 Å². The van der Waals surface area contributed by atoms with Crippen LogP contribution >= 0.6 is 11.6 Å². The number of nitrogens with zero attached hydrogens (tertiary/aromatic N) is 2. The summed E-state index contributed by atoms with van der Waals surface area (Å²) in [4.78, 5) is 11.6. The SMILES string of the molecule is CCCn1nccc1C(=O)CCCCl. The predicted octanol–water partition coefficient (Wildman–Crippen LogP) is 2.49. The highest BCUT2D eigenvalue weighted by molar-refractivity contribution is 6.18. The minimum atomic E-state index is 0.136. The fourth-order valence-electron chi connectivity index (χ4n) is 1.31. The predicted molar refractivity (Wildman–Crippen MR) is 56.8 cm³/mol. The van der Waals surface area contributed by atoms with Crippen molar-refractivity contribution in [3.05, 3.63) is 18.0 Å². The van der Waals surface area contributed by atoms with Crippen molar-refractivity contribution in [3.8, 4) is 0 Å². The summed E-state index contributed by atoms with van der Waals surface area (Å²) in [5.74, 6) is 0.671. The van der Waals surface area contributed by atoms with E-state index in [4.69, 9.17) is 11.6 Å². The van der Waals surface area contributed by atoms with Gasteiger partial charge >= 0.3 is 0 Å². The molecule has 0 fully saturated rings. The second-order valence-electron chi connectivity index (χ2n) is 3.16. The highest BCUT2D eigenvalue weighted by Crippen LogP contribution is 2.06. The van der Waals surface area contributed by atoms with Crippen molar-refractivity contribution < 1.29 is 4.79 Å². The van der Waals surface area contributed by atoms with Gasteiger partial charge < -0.3 is 0 Å². The molecule has 0 aliphatic rings.